The van der Waals surface area contributed by atoms with E-state index in [-0.39, 0.29) is 10.9 Å². The zero-order valence-corrected chi connectivity index (χ0v) is 13.4. The Kier molecular flexibility index (Phi) is 4.62. The van der Waals surface area contributed by atoms with Crippen LogP contribution in [0.15, 0.2) is 17.0 Å². The van der Waals surface area contributed by atoms with Gasteiger partial charge < -0.3 is 5.73 Å². The molecule has 0 amide bonds. The number of rotatable bonds is 3. The summed E-state index contributed by atoms with van der Waals surface area (Å²) < 4.78 is 27.6. The summed E-state index contributed by atoms with van der Waals surface area (Å²) in [5.74, 6) is 0.558. The van der Waals surface area contributed by atoms with E-state index in [1.165, 1.54) is 18.6 Å². The van der Waals surface area contributed by atoms with Crippen molar-refractivity contribution in [2.24, 2.45) is 5.92 Å². The first kappa shape index (κ1) is 15.6. The van der Waals surface area contributed by atoms with E-state index in [4.69, 9.17) is 17.3 Å². The molecule has 1 aliphatic rings. The summed E-state index contributed by atoms with van der Waals surface area (Å²) in [6, 6.07) is 2.93. The quantitative estimate of drug-likeness (QED) is 0.842. The Labute approximate surface area is 125 Å². The summed E-state index contributed by atoms with van der Waals surface area (Å²) in [5.41, 5.74) is 6.90. The summed E-state index contributed by atoms with van der Waals surface area (Å²) >= 11 is 6.02. The van der Waals surface area contributed by atoms with Gasteiger partial charge in [-0.15, -0.1) is 0 Å². The van der Waals surface area contributed by atoms with E-state index >= 15 is 0 Å². The number of nitrogens with two attached hydrogens (primary N) is 1. The van der Waals surface area contributed by atoms with Gasteiger partial charge in [0, 0.05) is 16.8 Å². The summed E-state index contributed by atoms with van der Waals surface area (Å²) in [6.45, 7) is 3.92. The molecule has 2 atom stereocenters. The van der Waals surface area contributed by atoms with Gasteiger partial charge in [-0.05, 0) is 43.4 Å². The summed E-state index contributed by atoms with van der Waals surface area (Å²) in [4.78, 5) is 0.142. The second-order valence-electron chi connectivity index (χ2n) is 5.71. The van der Waals surface area contributed by atoms with Crippen molar-refractivity contribution in [3.8, 4) is 0 Å². The fraction of sp³-hybridized carbons (Fsp3) is 0.571. The summed E-state index contributed by atoms with van der Waals surface area (Å²) in [6.07, 6.45) is 4.00. The molecule has 0 aliphatic heterocycles. The molecule has 2 rings (SSSR count). The van der Waals surface area contributed by atoms with Crippen LogP contribution >= 0.6 is 11.6 Å². The number of benzene rings is 1. The number of nitrogen functional groups attached to an aromatic ring is 1. The number of anilines is 1. The van der Waals surface area contributed by atoms with E-state index in [0.717, 1.165) is 19.3 Å². The average molecular weight is 317 g/mol. The molecule has 112 valence electrons. The van der Waals surface area contributed by atoms with Gasteiger partial charge in [-0.2, -0.15) is 0 Å². The van der Waals surface area contributed by atoms with Gasteiger partial charge in [0.1, 0.15) is 0 Å². The van der Waals surface area contributed by atoms with Crippen LogP contribution in [0.4, 0.5) is 5.69 Å². The lowest BCUT2D eigenvalue weighted by Crippen LogP contribution is -2.38. The van der Waals surface area contributed by atoms with Gasteiger partial charge in [0.15, 0.2) is 0 Å². The van der Waals surface area contributed by atoms with Gasteiger partial charge in [0.05, 0.1) is 4.90 Å². The number of hydrogen-bond donors (Lipinski definition) is 2. The topological polar surface area (TPSA) is 72.2 Å². The van der Waals surface area contributed by atoms with E-state index in [1.807, 2.05) is 0 Å². The third kappa shape index (κ3) is 3.45. The van der Waals surface area contributed by atoms with E-state index in [9.17, 15) is 8.42 Å². The first-order valence-corrected chi connectivity index (χ1v) is 8.73. The van der Waals surface area contributed by atoms with Crippen molar-refractivity contribution in [3.63, 3.8) is 0 Å². The van der Waals surface area contributed by atoms with Gasteiger partial charge in [-0.3, -0.25) is 0 Å². The van der Waals surface area contributed by atoms with Crippen molar-refractivity contribution in [1.82, 2.24) is 4.72 Å². The van der Waals surface area contributed by atoms with Gasteiger partial charge in [0.25, 0.3) is 0 Å². The highest BCUT2D eigenvalue weighted by atomic mass is 35.5. The maximum atomic E-state index is 12.4. The van der Waals surface area contributed by atoms with E-state index in [2.05, 4.69) is 11.6 Å². The Morgan fingerprint density at radius 3 is 2.65 bits per heavy atom. The Morgan fingerprint density at radius 2 is 2.05 bits per heavy atom. The molecular formula is C14H21ClN2O2S. The number of sulfonamides is 1. The van der Waals surface area contributed by atoms with Gasteiger partial charge in [0.2, 0.25) is 10.0 Å². The van der Waals surface area contributed by atoms with Crippen molar-refractivity contribution >= 4 is 27.3 Å². The zero-order valence-electron chi connectivity index (χ0n) is 11.8. The second-order valence-corrected chi connectivity index (χ2v) is 7.83. The highest BCUT2D eigenvalue weighted by Crippen LogP contribution is 2.28. The number of halogens is 1. The third-order valence-corrected chi connectivity index (χ3v) is 5.82. The van der Waals surface area contributed by atoms with Crippen LogP contribution in [0.2, 0.25) is 5.02 Å². The molecule has 0 aromatic heterocycles. The Bertz CT molecular complexity index is 578. The van der Waals surface area contributed by atoms with Crippen LogP contribution in [0.1, 0.15) is 38.2 Å². The smallest absolute Gasteiger partial charge is 0.240 e. The lowest BCUT2D eigenvalue weighted by atomic mass is 9.88. The molecule has 0 bridgehead atoms. The predicted octanol–water partition coefficient (Wildman–Crippen LogP) is 3.09. The molecule has 3 N–H and O–H groups in total. The van der Waals surface area contributed by atoms with Crippen molar-refractivity contribution in [2.75, 3.05) is 5.73 Å². The van der Waals surface area contributed by atoms with Crippen molar-refractivity contribution in [3.05, 3.63) is 22.7 Å². The maximum absolute atomic E-state index is 12.4. The molecule has 0 spiro atoms. The van der Waals surface area contributed by atoms with Crippen LogP contribution in [0.25, 0.3) is 0 Å². The minimum atomic E-state index is -3.56. The zero-order chi connectivity index (χ0) is 14.9. The largest absolute Gasteiger partial charge is 0.398 e. The highest BCUT2D eigenvalue weighted by Gasteiger charge is 2.25. The second kappa shape index (κ2) is 5.92. The lowest BCUT2D eigenvalue weighted by Gasteiger charge is -2.27. The monoisotopic (exact) mass is 316 g/mol. The summed E-state index contributed by atoms with van der Waals surface area (Å²) in [5, 5.41) is 0.377. The molecule has 0 heterocycles. The Balaban J connectivity index is 2.22. The Hall–Kier alpha value is -0.780. The van der Waals surface area contributed by atoms with Gasteiger partial charge in [-0.25, -0.2) is 13.1 Å². The highest BCUT2D eigenvalue weighted by molar-refractivity contribution is 7.89. The SMILES string of the molecule is Cc1c(N)cc(S(=O)(=O)NC2CCCC(C)C2)cc1Cl. The first-order valence-electron chi connectivity index (χ1n) is 6.87. The fourth-order valence-electron chi connectivity index (χ4n) is 2.66. The number of nitrogens with one attached hydrogen (secondary N) is 1. The fourth-order valence-corrected chi connectivity index (χ4v) is 4.29. The van der Waals surface area contributed by atoms with E-state index in [0.29, 0.717) is 22.2 Å². The molecule has 1 fully saturated rings. The molecule has 1 saturated carbocycles. The predicted molar refractivity (Wildman–Crippen MR) is 82.3 cm³/mol. The Morgan fingerprint density at radius 1 is 1.35 bits per heavy atom. The van der Waals surface area contributed by atoms with Gasteiger partial charge >= 0.3 is 0 Å². The summed E-state index contributed by atoms with van der Waals surface area (Å²) in [7, 11) is -3.56. The normalized spacial score (nSPS) is 23.8. The molecule has 1 aromatic rings. The molecule has 1 aromatic carbocycles. The van der Waals surface area contributed by atoms with Crippen molar-refractivity contribution in [1.29, 1.82) is 0 Å². The van der Waals surface area contributed by atoms with Crippen molar-refractivity contribution in [2.45, 2.75) is 50.5 Å². The molecule has 0 radical (unpaired) electrons. The third-order valence-electron chi connectivity index (χ3n) is 3.93. The molecular weight excluding hydrogens is 296 g/mol. The van der Waals surface area contributed by atoms with Crippen LogP contribution in [-0.4, -0.2) is 14.5 Å². The average Bonchev–Trinajstić information content (AvgIpc) is 2.34. The van der Waals surface area contributed by atoms with Crippen LogP contribution in [0, 0.1) is 12.8 Å². The van der Waals surface area contributed by atoms with Crippen LogP contribution < -0.4 is 10.5 Å². The lowest BCUT2D eigenvalue weighted by molar-refractivity contribution is 0.327. The van der Waals surface area contributed by atoms with Crippen LogP contribution in [0.5, 0.6) is 0 Å². The molecule has 1 aliphatic carbocycles. The van der Waals surface area contributed by atoms with Gasteiger partial charge in [-0.1, -0.05) is 31.4 Å². The molecule has 20 heavy (non-hydrogen) atoms. The maximum Gasteiger partial charge on any atom is 0.240 e. The molecule has 4 nitrogen and oxygen atoms in total. The van der Waals surface area contributed by atoms with E-state index < -0.39 is 10.0 Å². The number of hydrogen-bond acceptors (Lipinski definition) is 3. The van der Waals surface area contributed by atoms with Crippen LogP contribution in [-0.2, 0) is 10.0 Å². The molecule has 0 saturated heterocycles. The van der Waals surface area contributed by atoms with Crippen molar-refractivity contribution < 1.29 is 8.42 Å². The van der Waals surface area contributed by atoms with Crippen LogP contribution in [0.3, 0.4) is 0 Å². The van der Waals surface area contributed by atoms with E-state index in [1.54, 1.807) is 6.92 Å². The standard InChI is InChI=1S/C14H21ClN2O2S/c1-9-4-3-5-11(6-9)17-20(18,19)12-7-13(15)10(2)14(16)8-12/h7-9,11,17H,3-6,16H2,1-2H3. The first-order chi connectivity index (χ1) is 9.29. The minimum Gasteiger partial charge on any atom is -0.398 e. The minimum absolute atomic E-state index is 0.00468. The molecule has 2 unspecified atom stereocenters. The molecule has 6 heteroatoms.